The fourth-order valence-corrected chi connectivity index (χ4v) is 2.40. The van der Waals surface area contributed by atoms with E-state index in [1.807, 2.05) is 31.2 Å². The Hall–Kier alpha value is -1.35. The summed E-state index contributed by atoms with van der Waals surface area (Å²) < 4.78 is 0. The highest BCUT2D eigenvalue weighted by atomic mass is 16.1. The second-order valence-corrected chi connectivity index (χ2v) is 5.05. The topological polar surface area (TPSA) is 41.1 Å². The van der Waals surface area contributed by atoms with Crippen LogP contribution in [0, 0.1) is 6.92 Å². The monoisotopic (exact) mass is 246 g/mol. The van der Waals surface area contributed by atoms with E-state index < -0.39 is 0 Å². The zero-order valence-electron chi connectivity index (χ0n) is 11.0. The van der Waals surface area contributed by atoms with E-state index in [4.69, 9.17) is 0 Å². The van der Waals surface area contributed by atoms with Crippen molar-refractivity contribution in [1.29, 1.82) is 0 Å². The van der Waals surface area contributed by atoms with Crippen molar-refractivity contribution in [3.05, 3.63) is 29.8 Å². The minimum atomic E-state index is 0.122. The van der Waals surface area contributed by atoms with Gasteiger partial charge in [0.2, 0.25) is 5.91 Å². The largest absolute Gasteiger partial charge is 0.326 e. The minimum Gasteiger partial charge on any atom is -0.326 e. The molecule has 1 aliphatic heterocycles. The number of aryl methyl sites for hydroxylation is 1. The number of hydrogen-bond acceptors (Lipinski definition) is 2. The third-order valence-corrected chi connectivity index (χ3v) is 3.55. The van der Waals surface area contributed by atoms with Crippen LogP contribution < -0.4 is 10.6 Å². The van der Waals surface area contributed by atoms with Gasteiger partial charge >= 0.3 is 0 Å². The van der Waals surface area contributed by atoms with Crippen molar-refractivity contribution in [1.82, 2.24) is 5.32 Å². The zero-order chi connectivity index (χ0) is 12.8. The van der Waals surface area contributed by atoms with Gasteiger partial charge in [0.25, 0.3) is 0 Å². The Kier molecular flexibility index (Phi) is 4.76. The van der Waals surface area contributed by atoms with Gasteiger partial charge in [0.1, 0.15) is 0 Å². The molecule has 2 N–H and O–H groups in total. The fourth-order valence-electron chi connectivity index (χ4n) is 2.40. The molecule has 1 saturated heterocycles. The van der Waals surface area contributed by atoms with Gasteiger partial charge in [-0.1, -0.05) is 24.6 Å². The molecular formula is C15H22N2O. The van der Waals surface area contributed by atoms with Crippen molar-refractivity contribution < 1.29 is 4.79 Å². The van der Waals surface area contributed by atoms with Gasteiger partial charge in [-0.3, -0.25) is 4.79 Å². The molecule has 1 amide bonds. The smallest absolute Gasteiger partial charge is 0.224 e. The molecule has 1 unspecified atom stereocenters. The van der Waals surface area contributed by atoms with Crippen molar-refractivity contribution in [3.63, 3.8) is 0 Å². The van der Waals surface area contributed by atoms with Crippen molar-refractivity contribution in [2.24, 2.45) is 0 Å². The first-order valence-corrected chi connectivity index (χ1v) is 6.84. The molecule has 1 aliphatic rings. The lowest BCUT2D eigenvalue weighted by Crippen LogP contribution is -2.34. The maximum absolute atomic E-state index is 11.9. The number of nitrogens with one attached hydrogen (secondary N) is 2. The summed E-state index contributed by atoms with van der Waals surface area (Å²) in [5, 5.41) is 6.45. The van der Waals surface area contributed by atoms with Crippen LogP contribution in [0.4, 0.5) is 5.69 Å². The second-order valence-electron chi connectivity index (χ2n) is 5.05. The standard InChI is InChI=1S/C15H22N2O/c1-12-6-2-3-8-14(12)17-15(18)10-9-13-7-4-5-11-16-13/h2-3,6,8,13,16H,4-5,7,9-11H2,1H3,(H,17,18). The molecule has 0 radical (unpaired) electrons. The van der Waals surface area contributed by atoms with Crippen molar-refractivity contribution in [2.45, 2.75) is 45.1 Å². The van der Waals surface area contributed by atoms with Crippen LogP contribution in [0.1, 0.15) is 37.7 Å². The van der Waals surface area contributed by atoms with Crippen molar-refractivity contribution in [3.8, 4) is 0 Å². The first kappa shape index (κ1) is 13.1. The predicted octanol–water partition coefficient (Wildman–Crippen LogP) is 2.86. The number of benzene rings is 1. The summed E-state index contributed by atoms with van der Waals surface area (Å²) in [4.78, 5) is 11.9. The quantitative estimate of drug-likeness (QED) is 0.857. The number of anilines is 1. The molecular weight excluding hydrogens is 224 g/mol. The van der Waals surface area contributed by atoms with Crippen LogP contribution in [0.2, 0.25) is 0 Å². The SMILES string of the molecule is Cc1ccccc1NC(=O)CCC1CCCCN1. The zero-order valence-corrected chi connectivity index (χ0v) is 11.0. The van der Waals surface area contributed by atoms with Crippen LogP contribution in [-0.4, -0.2) is 18.5 Å². The molecule has 2 rings (SSSR count). The number of rotatable bonds is 4. The summed E-state index contributed by atoms with van der Waals surface area (Å²) in [6.07, 6.45) is 5.31. The third kappa shape index (κ3) is 3.84. The molecule has 1 aromatic rings. The van der Waals surface area contributed by atoms with E-state index in [2.05, 4.69) is 10.6 Å². The maximum atomic E-state index is 11.9. The number of amides is 1. The van der Waals surface area contributed by atoms with E-state index in [-0.39, 0.29) is 5.91 Å². The van der Waals surface area contributed by atoms with Crippen molar-refractivity contribution in [2.75, 3.05) is 11.9 Å². The third-order valence-electron chi connectivity index (χ3n) is 3.55. The number of carbonyl (C=O) groups excluding carboxylic acids is 1. The van der Waals surface area contributed by atoms with Gasteiger partial charge in [0.15, 0.2) is 0 Å². The van der Waals surface area contributed by atoms with Gasteiger partial charge in [-0.25, -0.2) is 0 Å². The molecule has 18 heavy (non-hydrogen) atoms. The average molecular weight is 246 g/mol. The molecule has 1 fully saturated rings. The van der Waals surface area contributed by atoms with E-state index in [1.165, 1.54) is 19.3 Å². The van der Waals surface area contributed by atoms with Gasteiger partial charge in [0.05, 0.1) is 0 Å². The van der Waals surface area contributed by atoms with Crippen LogP contribution in [0.25, 0.3) is 0 Å². The second kappa shape index (κ2) is 6.55. The molecule has 0 aromatic heterocycles. The Morgan fingerprint density at radius 3 is 2.94 bits per heavy atom. The molecule has 3 nitrogen and oxygen atoms in total. The van der Waals surface area contributed by atoms with E-state index >= 15 is 0 Å². The van der Waals surface area contributed by atoms with Crippen molar-refractivity contribution >= 4 is 11.6 Å². The van der Waals surface area contributed by atoms with Gasteiger partial charge < -0.3 is 10.6 Å². The minimum absolute atomic E-state index is 0.122. The van der Waals surface area contributed by atoms with E-state index in [0.717, 1.165) is 24.2 Å². The normalized spacial score (nSPS) is 19.5. The van der Waals surface area contributed by atoms with Crippen LogP contribution in [-0.2, 0) is 4.79 Å². The molecule has 0 bridgehead atoms. The molecule has 1 heterocycles. The molecule has 0 aliphatic carbocycles. The Morgan fingerprint density at radius 2 is 2.22 bits per heavy atom. The van der Waals surface area contributed by atoms with Crippen LogP contribution in [0.15, 0.2) is 24.3 Å². The fraction of sp³-hybridized carbons (Fsp3) is 0.533. The summed E-state index contributed by atoms with van der Waals surface area (Å²) in [7, 11) is 0. The van der Waals surface area contributed by atoms with Gasteiger partial charge in [-0.15, -0.1) is 0 Å². The highest BCUT2D eigenvalue weighted by Crippen LogP contribution is 2.15. The first-order chi connectivity index (χ1) is 8.75. The summed E-state index contributed by atoms with van der Waals surface area (Å²) in [6, 6.07) is 8.42. The molecule has 98 valence electrons. The molecule has 1 aromatic carbocycles. The lowest BCUT2D eigenvalue weighted by molar-refractivity contribution is -0.116. The predicted molar refractivity (Wildman–Crippen MR) is 74.7 cm³/mol. The van der Waals surface area contributed by atoms with Gasteiger partial charge in [0, 0.05) is 18.2 Å². The maximum Gasteiger partial charge on any atom is 0.224 e. The molecule has 0 saturated carbocycles. The molecule has 0 spiro atoms. The summed E-state index contributed by atoms with van der Waals surface area (Å²) in [5.41, 5.74) is 2.04. The average Bonchev–Trinajstić information content (AvgIpc) is 2.40. The first-order valence-electron chi connectivity index (χ1n) is 6.84. The van der Waals surface area contributed by atoms with E-state index in [1.54, 1.807) is 0 Å². The number of para-hydroxylation sites is 1. The highest BCUT2D eigenvalue weighted by Gasteiger charge is 2.14. The number of carbonyl (C=O) groups is 1. The van der Waals surface area contributed by atoms with Gasteiger partial charge in [-0.05, 0) is 44.4 Å². The van der Waals surface area contributed by atoms with E-state index in [9.17, 15) is 4.79 Å². The number of hydrogen-bond donors (Lipinski definition) is 2. The Labute approximate surface area is 109 Å². The molecule has 1 atom stereocenters. The van der Waals surface area contributed by atoms with Crippen LogP contribution in [0.5, 0.6) is 0 Å². The summed E-state index contributed by atoms with van der Waals surface area (Å²) >= 11 is 0. The lowest BCUT2D eigenvalue weighted by atomic mass is 10.0. The summed E-state index contributed by atoms with van der Waals surface area (Å²) in [5.74, 6) is 0.122. The number of piperidine rings is 1. The van der Waals surface area contributed by atoms with Gasteiger partial charge in [-0.2, -0.15) is 0 Å². The Balaban J connectivity index is 1.76. The van der Waals surface area contributed by atoms with Crippen LogP contribution in [0.3, 0.4) is 0 Å². The Bertz CT molecular complexity index is 397. The highest BCUT2D eigenvalue weighted by molar-refractivity contribution is 5.91. The molecule has 3 heteroatoms. The summed E-state index contributed by atoms with van der Waals surface area (Å²) in [6.45, 7) is 3.11. The van der Waals surface area contributed by atoms with E-state index in [0.29, 0.717) is 12.5 Å². The van der Waals surface area contributed by atoms with Crippen LogP contribution >= 0.6 is 0 Å². The Morgan fingerprint density at radius 1 is 1.39 bits per heavy atom. The lowest BCUT2D eigenvalue weighted by Gasteiger charge is -2.23.